The lowest BCUT2D eigenvalue weighted by molar-refractivity contribution is -0.160. The van der Waals surface area contributed by atoms with Crippen molar-refractivity contribution < 1.29 is 14.3 Å². The zero-order chi connectivity index (χ0) is 16.2. The van der Waals surface area contributed by atoms with Gasteiger partial charge in [-0.3, -0.25) is 9.59 Å². The van der Waals surface area contributed by atoms with Crippen molar-refractivity contribution in [3.05, 3.63) is 0 Å². The van der Waals surface area contributed by atoms with Crippen molar-refractivity contribution in [3.63, 3.8) is 0 Å². The van der Waals surface area contributed by atoms with Gasteiger partial charge in [0.15, 0.2) is 0 Å². The maximum absolute atomic E-state index is 12.9. The molecule has 21 heavy (non-hydrogen) atoms. The van der Waals surface area contributed by atoms with Crippen LogP contribution in [0.4, 0.5) is 0 Å². The molecule has 0 bridgehead atoms. The van der Waals surface area contributed by atoms with Crippen molar-refractivity contribution in [1.82, 2.24) is 4.90 Å². The minimum absolute atomic E-state index is 0.0518. The highest BCUT2D eigenvalue weighted by molar-refractivity contribution is 5.98. The molecule has 1 atom stereocenters. The number of ether oxygens (including phenoxy) is 1. The SMILES string of the molecule is CCOC(=O)C(C(=O)N(CCC(C)C)C1CC1)C(C)(C)C. The van der Waals surface area contributed by atoms with E-state index < -0.39 is 11.3 Å². The van der Waals surface area contributed by atoms with Gasteiger partial charge in [-0.25, -0.2) is 0 Å². The van der Waals surface area contributed by atoms with E-state index in [2.05, 4.69) is 13.8 Å². The van der Waals surface area contributed by atoms with Gasteiger partial charge in [-0.15, -0.1) is 0 Å². The molecule has 0 aromatic rings. The predicted molar refractivity (Wildman–Crippen MR) is 83.8 cm³/mol. The summed E-state index contributed by atoms with van der Waals surface area (Å²) in [5, 5.41) is 0. The average molecular weight is 297 g/mol. The summed E-state index contributed by atoms with van der Waals surface area (Å²) in [5.41, 5.74) is -0.422. The topological polar surface area (TPSA) is 46.6 Å². The van der Waals surface area contributed by atoms with Crippen LogP contribution in [0.25, 0.3) is 0 Å². The quantitative estimate of drug-likeness (QED) is 0.535. The number of hydrogen-bond acceptors (Lipinski definition) is 3. The van der Waals surface area contributed by atoms with Gasteiger partial charge in [-0.05, 0) is 37.5 Å². The number of nitrogens with zero attached hydrogens (tertiary/aromatic N) is 1. The summed E-state index contributed by atoms with van der Waals surface area (Å²) in [6, 6.07) is 0.329. The van der Waals surface area contributed by atoms with Crippen LogP contribution in [0.2, 0.25) is 0 Å². The molecule has 0 aromatic heterocycles. The molecule has 0 spiro atoms. The summed E-state index contributed by atoms with van der Waals surface area (Å²) in [7, 11) is 0. The Morgan fingerprint density at radius 3 is 2.19 bits per heavy atom. The van der Waals surface area contributed by atoms with Crippen LogP contribution >= 0.6 is 0 Å². The summed E-state index contributed by atoms with van der Waals surface area (Å²) >= 11 is 0. The zero-order valence-electron chi connectivity index (χ0n) is 14.4. The Kier molecular flexibility index (Phi) is 6.24. The number of hydrogen-bond donors (Lipinski definition) is 0. The molecular formula is C17H31NO3. The first-order valence-corrected chi connectivity index (χ1v) is 8.15. The molecule has 4 nitrogen and oxygen atoms in total. The molecule has 122 valence electrons. The van der Waals surface area contributed by atoms with E-state index in [1.165, 1.54) is 0 Å². The number of carbonyl (C=O) groups excluding carboxylic acids is 2. The number of esters is 1. The van der Waals surface area contributed by atoms with Gasteiger partial charge in [0.05, 0.1) is 6.61 Å². The Morgan fingerprint density at radius 1 is 1.24 bits per heavy atom. The van der Waals surface area contributed by atoms with Crippen molar-refractivity contribution in [1.29, 1.82) is 0 Å². The van der Waals surface area contributed by atoms with E-state index in [9.17, 15) is 9.59 Å². The summed E-state index contributed by atoms with van der Waals surface area (Å²) in [4.78, 5) is 27.1. The third-order valence-corrected chi connectivity index (χ3v) is 3.85. The minimum atomic E-state index is -0.704. The second-order valence-corrected chi connectivity index (χ2v) is 7.50. The van der Waals surface area contributed by atoms with Crippen molar-refractivity contribution in [2.45, 2.75) is 66.8 Å². The van der Waals surface area contributed by atoms with Crippen LogP contribution in [0.1, 0.15) is 60.8 Å². The molecule has 0 aliphatic heterocycles. The zero-order valence-corrected chi connectivity index (χ0v) is 14.4. The second kappa shape index (κ2) is 7.28. The highest BCUT2D eigenvalue weighted by Crippen LogP contribution is 2.34. The predicted octanol–water partition coefficient (Wildman–Crippen LogP) is 3.25. The minimum Gasteiger partial charge on any atom is -0.465 e. The van der Waals surface area contributed by atoms with Crippen LogP contribution in [0.15, 0.2) is 0 Å². The molecule has 1 aliphatic carbocycles. The third-order valence-electron chi connectivity index (χ3n) is 3.85. The molecule has 1 rings (SSSR count). The Hall–Kier alpha value is -1.06. The molecule has 0 aromatic carbocycles. The van der Waals surface area contributed by atoms with E-state index in [0.29, 0.717) is 18.6 Å². The van der Waals surface area contributed by atoms with Crippen molar-refractivity contribution in [2.75, 3.05) is 13.2 Å². The summed E-state index contributed by atoms with van der Waals surface area (Å²) < 4.78 is 5.14. The Labute approximate surface area is 129 Å². The standard InChI is InChI=1S/C17H31NO3/c1-7-21-16(20)14(17(4,5)6)15(19)18(13-8-9-13)11-10-12(2)3/h12-14H,7-11H2,1-6H3. The van der Waals surface area contributed by atoms with Gasteiger partial charge in [-0.1, -0.05) is 34.6 Å². The van der Waals surface area contributed by atoms with Crippen LogP contribution in [-0.2, 0) is 14.3 Å². The van der Waals surface area contributed by atoms with Crippen LogP contribution in [-0.4, -0.2) is 36.0 Å². The first kappa shape index (κ1) is 18.0. The van der Waals surface area contributed by atoms with Crippen molar-refractivity contribution >= 4 is 11.9 Å². The molecule has 0 radical (unpaired) electrons. The van der Waals surface area contributed by atoms with Gasteiger partial charge in [0, 0.05) is 12.6 Å². The summed E-state index contributed by atoms with van der Waals surface area (Å²) in [6.45, 7) is 12.9. The van der Waals surface area contributed by atoms with Gasteiger partial charge in [-0.2, -0.15) is 0 Å². The van der Waals surface area contributed by atoms with Crippen molar-refractivity contribution in [2.24, 2.45) is 17.3 Å². The number of amides is 1. The van der Waals surface area contributed by atoms with Crippen LogP contribution in [0, 0.1) is 17.3 Å². The van der Waals surface area contributed by atoms with Crippen molar-refractivity contribution in [3.8, 4) is 0 Å². The van der Waals surface area contributed by atoms with Crippen LogP contribution in [0.3, 0.4) is 0 Å². The van der Waals surface area contributed by atoms with Gasteiger partial charge < -0.3 is 9.64 Å². The van der Waals surface area contributed by atoms with Gasteiger partial charge >= 0.3 is 5.97 Å². The van der Waals surface area contributed by atoms with E-state index in [1.54, 1.807) is 6.92 Å². The van der Waals surface area contributed by atoms with E-state index in [0.717, 1.165) is 25.8 Å². The number of carbonyl (C=O) groups is 2. The van der Waals surface area contributed by atoms with E-state index in [-0.39, 0.29) is 11.9 Å². The van der Waals surface area contributed by atoms with Crippen LogP contribution < -0.4 is 0 Å². The smallest absolute Gasteiger partial charge is 0.319 e. The molecule has 0 heterocycles. The molecule has 1 amide bonds. The lowest BCUT2D eigenvalue weighted by Gasteiger charge is -2.33. The third kappa shape index (κ3) is 5.33. The lowest BCUT2D eigenvalue weighted by Crippen LogP contribution is -2.47. The molecule has 1 fully saturated rings. The fourth-order valence-electron chi connectivity index (χ4n) is 2.47. The van der Waals surface area contributed by atoms with E-state index in [4.69, 9.17) is 4.74 Å². The Balaban J connectivity index is 2.87. The van der Waals surface area contributed by atoms with Crippen LogP contribution in [0.5, 0.6) is 0 Å². The summed E-state index contributed by atoms with van der Waals surface area (Å²) in [5.74, 6) is -0.589. The molecule has 4 heteroatoms. The fraction of sp³-hybridized carbons (Fsp3) is 0.882. The second-order valence-electron chi connectivity index (χ2n) is 7.50. The lowest BCUT2D eigenvalue weighted by atomic mass is 9.79. The molecular weight excluding hydrogens is 266 g/mol. The number of rotatable bonds is 7. The maximum atomic E-state index is 12.9. The molecule has 1 unspecified atom stereocenters. The molecule has 1 saturated carbocycles. The fourth-order valence-corrected chi connectivity index (χ4v) is 2.47. The van der Waals surface area contributed by atoms with Gasteiger partial charge in [0.1, 0.15) is 5.92 Å². The van der Waals surface area contributed by atoms with Gasteiger partial charge in [0.2, 0.25) is 5.91 Å². The highest BCUT2D eigenvalue weighted by atomic mass is 16.5. The van der Waals surface area contributed by atoms with E-state index in [1.807, 2.05) is 25.7 Å². The monoisotopic (exact) mass is 297 g/mol. The Morgan fingerprint density at radius 2 is 1.81 bits per heavy atom. The van der Waals surface area contributed by atoms with Gasteiger partial charge in [0.25, 0.3) is 0 Å². The molecule has 0 N–H and O–H groups in total. The average Bonchev–Trinajstić information content (AvgIpc) is 3.11. The molecule has 1 aliphatic rings. The largest absolute Gasteiger partial charge is 0.465 e. The molecule has 0 saturated heterocycles. The van der Waals surface area contributed by atoms with E-state index >= 15 is 0 Å². The first-order chi connectivity index (χ1) is 9.68. The summed E-state index contributed by atoms with van der Waals surface area (Å²) in [6.07, 6.45) is 3.09. The maximum Gasteiger partial charge on any atom is 0.319 e. The first-order valence-electron chi connectivity index (χ1n) is 8.15. The Bertz CT molecular complexity index is 367. The normalized spacial score (nSPS) is 16.7. The highest BCUT2D eigenvalue weighted by Gasteiger charge is 2.44.